The zero-order chi connectivity index (χ0) is 41.4. The second kappa shape index (κ2) is 14.3. The first-order chi connectivity index (χ1) is 31.2. The van der Waals surface area contributed by atoms with E-state index in [1.165, 1.54) is 114 Å². The van der Waals surface area contributed by atoms with Crippen molar-refractivity contribution in [3.05, 3.63) is 231 Å². The summed E-state index contributed by atoms with van der Waals surface area (Å²) >= 11 is 1.86. The number of nitrogens with zero attached hydrogens (tertiary/aromatic N) is 2. The number of thiophene rings is 1. The van der Waals surface area contributed by atoms with Crippen LogP contribution in [-0.2, 0) is 0 Å². The van der Waals surface area contributed by atoms with Gasteiger partial charge in [-0.3, -0.25) is 0 Å². The Labute approximate surface area is 368 Å². The highest BCUT2D eigenvalue weighted by molar-refractivity contribution is 7.25. The lowest BCUT2D eigenvalue weighted by Gasteiger charge is -2.12. The number of aromatic nitrogens is 2. The van der Waals surface area contributed by atoms with Crippen molar-refractivity contribution in [2.75, 3.05) is 0 Å². The standard InChI is InChI=1S/C60H38N2S/c1-2-18-47(19-3-1)61-55-24-7-4-21-49(55)52-36-44(27-30-57(52)61)45-28-31-58-53(37-45)50-22-5-8-25-56(50)62(58)48-20-12-17-43(35-48)41-15-10-13-39(33-41)40-14-11-16-42(34-40)46-29-32-60-54(38-46)51-23-6-9-26-59(51)63-60/h1-38H. The summed E-state index contributed by atoms with van der Waals surface area (Å²) in [5, 5.41) is 7.66. The van der Waals surface area contributed by atoms with Crippen molar-refractivity contribution < 1.29 is 0 Å². The zero-order valence-electron chi connectivity index (χ0n) is 34.2. The van der Waals surface area contributed by atoms with Crippen molar-refractivity contribution in [1.82, 2.24) is 9.13 Å². The van der Waals surface area contributed by atoms with Gasteiger partial charge in [0, 0.05) is 53.1 Å². The van der Waals surface area contributed by atoms with Crippen LogP contribution in [0.15, 0.2) is 231 Å². The molecule has 0 atom stereocenters. The van der Waals surface area contributed by atoms with Gasteiger partial charge >= 0.3 is 0 Å². The van der Waals surface area contributed by atoms with Crippen LogP contribution in [0.2, 0.25) is 0 Å². The lowest BCUT2D eigenvalue weighted by molar-refractivity contribution is 1.18. The number of rotatable bonds is 6. The summed E-state index contributed by atoms with van der Waals surface area (Å²) in [6.45, 7) is 0. The fraction of sp³-hybridized carbons (Fsp3) is 0. The van der Waals surface area contributed by atoms with Crippen LogP contribution in [0.1, 0.15) is 0 Å². The van der Waals surface area contributed by atoms with E-state index in [2.05, 4.69) is 240 Å². The van der Waals surface area contributed by atoms with E-state index < -0.39 is 0 Å². The molecule has 0 saturated carbocycles. The first kappa shape index (κ1) is 35.7. The molecule has 13 rings (SSSR count). The topological polar surface area (TPSA) is 9.86 Å². The summed E-state index contributed by atoms with van der Waals surface area (Å²) in [5.74, 6) is 0. The summed E-state index contributed by atoms with van der Waals surface area (Å²) in [4.78, 5) is 0. The Morgan fingerprint density at radius 1 is 0.222 bits per heavy atom. The molecular weight excluding hydrogens is 781 g/mol. The van der Waals surface area contributed by atoms with Gasteiger partial charge in [0.05, 0.1) is 22.1 Å². The third kappa shape index (κ3) is 5.85. The fourth-order valence-electron chi connectivity index (χ4n) is 9.93. The Kier molecular flexibility index (Phi) is 8.12. The van der Waals surface area contributed by atoms with Gasteiger partial charge in [-0.2, -0.15) is 0 Å². The molecule has 13 aromatic rings. The number of fused-ring (bicyclic) bond motifs is 9. The molecular formula is C60H38N2S. The minimum absolute atomic E-state index is 1.14. The molecule has 0 saturated heterocycles. The lowest BCUT2D eigenvalue weighted by atomic mass is 9.95. The van der Waals surface area contributed by atoms with E-state index in [9.17, 15) is 0 Å². The molecule has 0 unspecified atom stereocenters. The van der Waals surface area contributed by atoms with Gasteiger partial charge in [-0.05, 0) is 136 Å². The summed E-state index contributed by atoms with van der Waals surface area (Å²) in [6, 6.07) is 84.7. The fourth-order valence-corrected chi connectivity index (χ4v) is 11.0. The molecule has 63 heavy (non-hydrogen) atoms. The van der Waals surface area contributed by atoms with E-state index in [1.807, 2.05) is 11.3 Å². The minimum atomic E-state index is 1.14. The maximum absolute atomic E-state index is 2.43. The van der Waals surface area contributed by atoms with Gasteiger partial charge in [-0.1, -0.05) is 140 Å². The van der Waals surface area contributed by atoms with Crippen LogP contribution in [0.25, 0.3) is 120 Å². The second-order valence-corrected chi connectivity index (χ2v) is 17.6. The van der Waals surface area contributed by atoms with Crippen molar-refractivity contribution >= 4 is 75.1 Å². The van der Waals surface area contributed by atoms with Crippen LogP contribution in [-0.4, -0.2) is 9.13 Å². The smallest absolute Gasteiger partial charge is 0.0541 e. The molecule has 0 aliphatic heterocycles. The largest absolute Gasteiger partial charge is 0.309 e. The predicted molar refractivity (Wildman–Crippen MR) is 270 cm³/mol. The van der Waals surface area contributed by atoms with Crippen LogP contribution in [0.4, 0.5) is 0 Å². The second-order valence-electron chi connectivity index (χ2n) is 16.5. The SMILES string of the molecule is c1ccc(-n2c3ccccc3c3cc(-c4ccc5c(c4)c4ccccc4n5-c4cccc(-c5cccc(-c6cccc(-c7ccc8sc9ccccc9c8c7)c6)c5)c4)ccc32)cc1. The van der Waals surface area contributed by atoms with Crippen LogP contribution in [0.3, 0.4) is 0 Å². The molecule has 0 aliphatic carbocycles. The van der Waals surface area contributed by atoms with E-state index >= 15 is 0 Å². The molecule has 3 heteroatoms. The van der Waals surface area contributed by atoms with Crippen molar-refractivity contribution in [3.8, 4) is 55.9 Å². The van der Waals surface area contributed by atoms with E-state index in [4.69, 9.17) is 0 Å². The average molecular weight is 819 g/mol. The predicted octanol–water partition coefficient (Wildman–Crippen LogP) is 16.9. The Morgan fingerprint density at radius 3 is 1.22 bits per heavy atom. The quantitative estimate of drug-likeness (QED) is 0.158. The molecule has 0 aliphatic rings. The summed E-state index contributed by atoms with van der Waals surface area (Å²) in [7, 11) is 0. The zero-order valence-corrected chi connectivity index (χ0v) is 35.1. The van der Waals surface area contributed by atoms with Gasteiger partial charge in [0.15, 0.2) is 0 Å². The summed E-state index contributed by atoms with van der Waals surface area (Å²) in [6.07, 6.45) is 0. The molecule has 3 heterocycles. The Bertz CT molecular complexity index is 3920. The van der Waals surface area contributed by atoms with Crippen molar-refractivity contribution in [2.45, 2.75) is 0 Å². The van der Waals surface area contributed by atoms with E-state index in [1.54, 1.807) is 0 Å². The van der Waals surface area contributed by atoms with Crippen molar-refractivity contribution in [2.24, 2.45) is 0 Å². The third-order valence-corrected chi connectivity index (χ3v) is 14.1. The highest BCUT2D eigenvalue weighted by Crippen LogP contribution is 2.40. The van der Waals surface area contributed by atoms with Gasteiger partial charge < -0.3 is 9.13 Å². The van der Waals surface area contributed by atoms with Crippen LogP contribution in [0, 0.1) is 0 Å². The lowest BCUT2D eigenvalue weighted by Crippen LogP contribution is -1.94. The maximum atomic E-state index is 2.43. The number of hydrogen-bond donors (Lipinski definition) is 0. The molecule has 10 aromatic carbocycles. The number of para-hydroxylation sites is 3. The van der Waals surface area contributed by atoms with Crippen molar-refractivity contribution in [1.29, 1.82) is 0 Å². The normalized spacial score (nSPS) is 11.8. The maximum Gasteiger partial charge on any atom is 0.0541 e. The first-order valence-electron chi connectivity index (χ1n) is 21.6. The Balaban J connectivity index is 0.869. The van der Waals surface area contributed by atoms with E-state index in [0.29, 0.717) is 0 Å². The molecule has 2 nitrogen and oxygen atoms in total. The summed E-state index contributed by atoms with van der Waals surface area (Å²) in [5.41, 5.74) is 16.8. The van der Waals surface area contributed by atoms with E-state index in [-0.39, 0.29) is 0 Å². The van der Waals surface area contributed by atoms with Crippen LogP contribution < -0.4 is 0 Å². The van der Waals surface area contributed by atoms with Gasteiger partial charge in [0.2, 0.25) is 0 Å². The monoisotopic (exact) mass is 818 g/mol. The Hall–Kier alpha value is -7.98. The molecule has 0 fully saturated rings. The highest BCUT2D eigenvalue weighted by Gasteiger charge is 2.17. The molecule has 0 radical (unpaired) electrons. The van der Waals surface area contributed by atoms with Gasteiger partial charge in [-0.15, -0.1) is 11.3 Å². The van der Waals surface area contributed by atoms with Crippen molar-refractivity contribution in [3.63, 3.8) is 0 Å². The molecule has 0 spiro atoms. The molecule has 0 N–H and O–H groups in total. The number of hydrogen-bond acceptors (Lipinski definition) is 1. The molecule has 3 aromatic heterocycles. The Morgan fingerprint density at radius 2 is 0.619 bits per heavy atom. The van der Waals surface area contributed by atoms with Crippen LogP contribution >= 0.6 is 11.3 Å². The summed E-state index contributed by atoms with van der Waals surface area (Å²) < 4.78 is 7.47. The third-order valence-electron chi connectivity index (χ3n) is 12.9. The minimum Gasteiger partial charge on any atom is -0.309 e. The molecule has 0 bridgehead atoms. The number of benzene rings is 10. The van der Waals surface area contributed by atoms with Gasteiger partial charge in [0.1, 0.15) is 0 Å². The van der Waals surface area contributed by atoms with Gasteiger partial charge in [0.25, 0.3) is 0 Å². The molecule has 0 amide bonds. The highest BCUT2D eigenvalue weighted by atomic mass is 32.1. The van der Waals surface area contributed by atoms with Crippen LogP contribution in [0.5, 0.6) is 0 Å². The van der Waals surface area contributed by atoms with E-state index in [0.717, 1.165) is 5.69 Å². The average Bonchev–Trinajstić information content (AvgIpc) is 4.01. The van der Waals surface area contributed by atoms with Gasteiger partial charge in [-0.25, -0.2) is 0 Å². The molecule has 294 valence electrons. The first-order valence-corrected chi connectivity index (χ1v) is 22.4.